The quantitative estimate of drug-likeness (QED) is 0.0442. The van der Waals surface area contributed by atoms with E-state index in [0.29, 0.717) is 52.4 Å². The third-order valence-corrected chi connectivity index (χ3v) is 10.4. The first-order chi connectivity index (χ1) is 28.9. The van der Waals surface area contributed by atoms with Gasteiger partial charge >= 0.3 is 11.9 Å². The van der Waals surface area contributed by atoms with Crippen LogP contribution in [0.15, 0.2) is 97.1 Å². The number of aryl methyl sites for hydroxylation is 2. The SMILES string of the molecule is CC(C)c1c(C(=O)Nc2ccc(CO)cc2)c(-c2ccccc2)c(-c2ccc(F)cc2)n1CC[C@@H](O)C[C@@H](O)CC(=O)O.Cc1ccc(C)c(OCCCC(C)(C)C(=O)O)c1. The number of ether oxygens (including phenoxy) is 1. The number of anilines is 1. The number of carbonyl (C=O) groups excluding carboxylic acids is 1. The fraction of sp³-hybridized carbons (Fsp3) is 0.367. The van der Waals surface area contributed by atoms with Crippen molar-refractivity contribution in [1.29, 1.82) is 0 Å². The molecule has 5 aromatic rings. The Morgan fingerprint density at radius 3 is 2.10 bits per heavy atom. The second kappa shape index (κ2) is 22.1. The lowest BCUT2D eigenvalue weighted by atomic mass is 9.88. The molecule has 6 N–H and O–H groups in total. The number of carboxylic acids is 2. The highest BCUT2D eigenvalue weighted by molar-refractivity contribution is 6.12. The molecule has 5 rings (SSSR count). The van der Waals surface area contributed by atoms with Gasteiger partial charge in [0.25, 0.3) is 5.91 Å². The molecular weight excluding hydrogens is 780 g/mol. The Balaban J connectivity index is 0.000000381. The van der Waals surface area contributed by atoms with Gasteiger partial charge in [0.15, 0.2) is 0 Å². The largest absolute Gasteiger partial charge is 0.493 e. The van der Waals surface area contributed by atoms with Crippen LogP contribution in [-0.4, -0.2) is 66.8 Å². The zero-order chi connectivity index (χ0) is 44.9. The lowest BCUT2D eigenvalue weighted by Gasteiger charge is -2.20. The highest BCUT2D eigenvalue weighted by atomic mass is 19.1. The van der Waals surface area contributed by atoms with Crippen LogP contribution in [0.5, 0.6) is 5.75 Å². The number of nitrogens with one attached hydrogen (secondary N) is 1. The molecule has 0 aliphatic heterocycles. The number of hydrogen-bond acceptors (Lipinski definition) is 7. The number of amides is 1. The van der Waals surface area contributed by atoms with Crippen molar-refractivity contribution in [3.05, 3.63) is 131 Å². The molecule has 0 bridgehead atoms. The number of aliphatic carboxylic acids is 2. The Bertz CT molecular complexity index is 2220. The zero-order valence-corrected chi connectivity index (χ0v) is 35.8. The van der Waals surface area contributed by atoms with Crippen molar-refractivity contribution in [3.8, 4) is 28.1 Å². The second-order valence-electron chi connectivity index (χ2n) is 16.3. The number of nitrogens with zero attached hydrogens (tertiary/aromatic N) is 1. The summed E-state index contributed by atoms with van der Waals surface area (Å²) >= 11 is 0. The average Bonchev–Trinajstić information content (AvgIpc) is 3.56. The lowest BCUT2D eigenvalue weighted by Crippen LogP contribution is -2.24. The maximum Gasteiger partial charge on any atom is 0.309 e. The average molecular weight is 839 g/mol. The van der Waals surface area contributed by atoms with Gasteiger partial charge in [0.05, 0.1) is 48.5 Å². The number of halogens is 1. The molecule has 0 aliphatic rings. The second-order valence-corrected chi connectivity index (χ2v) is 16.3. The van der Waals surface area contributed by atoms with E-state index in [1.807, 2.05) is 74.7 Å². The number of aromatic nitrogens is 1. The first-order valence-corrected chi connectivity index (χ1v) is 20.5. The number of benzene rings is 4. The number of aliphatic hydroxyl groups is 3. The normalized spacial score (nSPS) is 12.3. The standard InChI is InChI=1S/C34H37FN2O6.C15H22O3/c1-21(2)32-31(34(43)36-26-14-8-22(20-38)9-15-26)30(23-6-4-3-5-7-23)33(24-10-12-25(35)13-11-24)37(32)17-16-27(39)18-28(40)19-29(41)42;1-11-6-7-12(2)13(10-11)18-9-5-8-15(3,4)14(16)17/h3-15,21,27-28,38-40H,16-20H2,1-2H3,(H,36,43)(H,41,42);6-7,10H,5,8-9H2,1-4H3,(H,16,17)/t27-,28-;/m1./s1. The topological polar surface area (TPSA) is 179 Å². The highest BCUT2D eigenvalue weighted by Crippen LogP contribution is 2.43. The predicted molar refractivity (Wildman–Crippen MR) is 235 cm³/mol. The van der Waals surface area contributed by atoms with E-state index in [4.69, 9.17) is 14.9 Å². The molecular formula is C49H59FN2O9. The summed E-state index contributed by atoms with van der Waals surface area (Å²) < 4.78 is 21.7. The third kappa shape index (κ3) is 13.6. The van der Waals surface area contributed by atoms with Crippen LogP contribution in [0.25, 0.3) is 22.4 Å². The molecule has 0 aliphatic carbocycles. The first-order valence-electron chi connectivity index (χ1n) is 20.5. The van der Waals surface area contributed by atoms with Gasteiger partial charge in [-0.15, -0.1) is 0 Å². The van der Waals surface area contributed by atoms with Crippen LogP contribution in [-0.2, 0) is 22.7 Å². The van der Waals surface area contributed by atoms with E-state index in [1.54, 1.807) is 50.2 Å². The number of carboxylic acid groups (broad SMARTS) is 2. The van der Waals surface area contributed by atoms with Gasteiger partial charge in [-0.1, -0.05) is 68.4 Å². The number of aliphatic hydroxyl groups excluding tert-OH is 3. The minimum Gasteiger partial charge on any atom is -0.493 e. The summed E-state index contributed by atoms with van der Waals surface area (Å²) in [5.41, 5.74) is 6.79. The van der Waals surface area contributed by atoms with Gasteiger partial charge in [0, 0.05) is 23.5 Å². The van der Waals surface area contributed by atoms with E-state index in [-0.39, 0.29) is 37.8 Å². The molecule has 1 amide bonds. The third-order valence-electron chi connectivity index (χ3n) is 10.4. The molecule has 12 heteroatoms. The molecule has 0 saturated heterocycles. The van der Waals surface area contributed by atoms with Gasteiger partial charge < -0.3 is 40.2 Å². The van der Waals surface area contributed by atoms with Gasteiger partial charge in [-0.3, -0.25) is 14.4 Å². The lowest BCUT2D eigenvalue weighted by molar-refractivity contribution is -0.147. The zero-order valence-electron chi connectivity index (χ0n) is 35.8. The summed E-state index contributed by atoms with van der Waals surface area (Å²) in [5.74, 6) is -1.92. The summed E-state index contributed by atoms with van der Waals surface area (Å²) in [6.07, 6.45) is -1.24. The Morgan fingerprint density at radius 2 is 1.51 bits per heavy atom. The summed E-state index contributed by atoms with van der Waals surface area (Å²) in [5, 5.41) is 51.2. The molecule has 0 unspecified atom stereocenters. The maximum atomic E-state index is 14.2. The molecule has 0 spiro atoms. The predicted octanol–water partition coefficient (Wildman–Crippen LogP) is 9.38. The molecule has 2 atom stereocenters. The van der Waals surface area contributed by atoms with Crippen LogP contribution in [0.3, 0.4) is 0 Å². The molecule has 61 heavy (non-hydrogen) atoms. The van der Waals surface area contributed by atoms with Crippen LogP contribution in [0.4, 0.5) is 10.1 Å². The number of rotatable bonds is 19. The maximum absolute atomic E-state index is 14.2. The Labute approximate surface area is 357 Å². The van der Waals surface area contributed by atoms with Crippen LogP contribution >= 0.6 is 0 Å². The highest BCUT2D eigenvalue weighted by Gasteiger charge is 2.31. The number of hydrogen-bond donors (Lipinski definition) is 6. The van der Waals surface area contributed by atoms with E-state index < -0.39 is 41.8 Å². The van der Waals surface area contributed by atoms with E-state index >= 15 is 0 Å². The molecule has 0 radical (unpaired) electrons. The van der Waals surface area contributed by atoms with E-state index in [1.165, 1.54) is 17.7 Å². The summed E-state index contributed by atoms with van der Waals surface area (Å²) in [4.78, 5) is 36.1. The van der Waals surface area contributed by atoms with Crippen LogP contribution in [0.1, 0.15) is 98.5 Å². The minimum atomic E-state index is -1.20. The van der Waals surface area contributed by atoms with Gasteiger partial charge in [-0.05, 0) is 130 Å². The van der Waals surface area contributed by atoms with E-state index in [2.05, 4.69) is 11.4 Å². The molecule has 1 heterocycles. The van der Waals surface area contributed by atoms with E-state index in [0.717, 1.165) is 23.3 Å². The van der Waals surface area contributed by atoms with Gasteiger partial charge in [-0.2, -0.15) is 0 Å². The van der Waals surface area contributed by atoms with E-state index in [9.17, 15) is 34.1 Å². The van der Waals surface area contributed by atoms with Crippen molar-refractivity contribution >= 4 is 23.5 Å². The fourth-order valence-electron chi connectivity index (χ4n) is 7.04. The monoisotopic (exact) mass is 838 g/mol. The van der Waals surface area contributed by atoms with Gasteiger partial charge in [0.1, 0.15) is 11.6 Å². The minimum absolute atomic E-state index is 0.112. The van der Waals surface area contributed by atoms with Gasteiger partial charge in [-0.25, -0.2) is 4.39 Å². The van der Waals surface area contributed by atoms with Crippen molar-refractivity contribution in [1.82, 2.24) is 4.57 Å². The molecule has 0 saturated carbocycles. The molecule has 0 fully saturated rings. The Kier molecular flexibility index (Phi) is 17.4. The Morgan fingerprint density at radius 1 is 0.852 bits per heavy atom. The molecule has 11 nitrogen and oxygen atoms in total. The summed E-state index contributed by atoms with van der Waals surface area (Å²) in [6.45, 7) is 12.1. The van der Waals surface area contributed by atoms with Crippen LogP contribution in [0, 0.1) is 25.1 Å². The van der Waals surface area contributed by atoms with Crippen molar-refractivity contribution in [2.24, 2.45) is 5.41 Å². The smallest absolute Gasteiger partial charge is 0.309 e. The van der Waals surface area contributed by atoms with Crippen molar-refractivity contribution in [2.45, 2.75) is 105 Å². The molecule has 1 aromatic heterocycles. The molecule has 326 valence electrons. The number of carbonyl (C=O) groups is 3. The van der Waals surface area contributed by atoms with Crippen LogP contribution in [0.2, 0.25) is 0 Å². The Hall–Kier alpha value is -5.82. The summed E-state index contributed by atoms with van der Waals surface area (Å²) in [7, 11) is 0. The summed E-state index contributed by atoms with van der Waals surface area (Å²) in [6, 6.07) is 28.4. The first kappa shape index (κ1) is 47.9. The van der Waals surface area contributed by atoms with Gasteiger partial charge in [0.2, 0.25) is 0 Å². The van der Waals surface area contributed by atoms with Crippen LogP contribution < -0.4 is 10.1 Å². The van der Waals surface area contributed by atoms with Crippen molar-refractivity contribution in [2.75, 3.05) is 11.9 Å². The van der Waals surface area contributed by atoms with Crippen molar-refractivity contribution < 1.29 is 49.0 Å². The fourth-order valence-corrected chi connectivity index (χ4v) is 7.04. The molecule has 4 aromatic carbocycles. The van der Waals surface area contributed by atoms with Crippen molar-refractivity contribution in [3.63, 3.8) is 0 Å².